The maximum absolute atomic E-state index is 11.5. The van der Waals surface area contributed by atoms with E-state index in [1.54, 1.807) is 12.3 Å². The second-order valence-corrected chi connectivity index (χ2v) is 3.10. The number of aldehydes is 1. The van der Waals surface area contributed by atoms with Gasteiger partial charge in [0, 0.05) is 12.7 Å². The first-order valence-corrected chi connectivity index (χ1v) is 4.42. The fraction of sp³-hybridized carbons (Fsp3) is 0.333. The van der Waals surface area contributed by atoms with E-state index in [-0.39, 0.29) is 16.1 Å². The molecular weight excluding hydrogens is 190 g/mol. The lowest BCUT2D eigenvalue weighted by atomic mass is 10.3. The van der Waals surface area contributed by atoms with Crippen molar-refractivity contribution in [3.8, 4) is 0 Å². The fourth-order valence-electron chi connectivity index (χ4n) is 1.09. The van der Waals surface area contributed by atoms with Crippen LogP contribution >= 0.6 is 11.6 Å². The topological polar surface area (TPSA) is 39.1 Å². The van der Waals surface area contributed by atoms with Crippen molar-refractivity contribution >= 4 is 17.9 Å². The number of aromatic nitrogens is 1. The van der Waals surface area contributed by atoms with E-state index in [1.165, 1.54) is 4.57 Å². The van der Waals surface area contributed by atoms with Crippen LogP contribution in [0.1, 0.15) is 23.7 Å². The molecule has 1 heterocycles. The molecule has 0 aliphatic heterocycles. The number of nitrogens with zero attached hydrogens (tertiary/aromatic N) is 1. The molecule has 0 saturated heterocycles. The van der Waals surface area contributed by atoms with Gasteiger partial charge in [-0.3, -0.25) is 9.59 Å². The molecule has 3 nitrogen and oxygen atoms in total. The molecule has 0 N–H and O–H groups in total. The lowest BCUT2D eigenvalue weighted by Crippen LogP contribution is -2.23. The van der Waals surface area contributed by atoms with Crippen LogP contribution < -0.4 is 5.56 Å². The normalized spacial score (nSPS) is 10.0. The zero-order valence-corrected chi connectivity index (χ0v) is 8.04. The molecule has 0 amide bonds. The van der Waals surface area contributed by atoms with Gasteiger partial charge in [0.1, 0.15) is 0 Å². The highest BCUT2D eigenvalue weighted by Gasteiger charge is 2.06. The molecule has 0 aliphatic rings. The Balaban J connectivity index is 3.27. The highest BCUT2D eigenvalue weighted by Crippen LogP contribution is 2.08. The van der Waals surface area contributed by atoms with Gasteiger partial charge < -0.3 is 4.57 Å². The molecule has 0 aliphatic carbocycles. The van der Waals surface area contributed by atoms with E-state index in [2.05, 4.69) is 0 Å². The summed E-state index contributed by atoms with van der Waals surface area (Å²) in [5, 5.41) is 0.215. The lowest BCUT2D eigenvalue weighted by Gasteiger charge is -2.04. The number of pyridine rings is 1. The molecule has 1 aromatic rings. The smallest absolute Gasteiger partial charge is 0.262 e. The van der Waals surface area contributed by atoms with Crippen molar-refractivity contribution in [2.24, 2.45) is 0 Å². The summed E-state index contributed by atoms with van der Waals surface area (Å²) in [6, 6.07) is 1.56. The summed E-state index contributed by atoms with van der Waals surface area (Å²) < 4.78 is 1.48. The number of rotatable bonds is 3. The Morgan fingerprint density at radius 3 is 2.85 bits per heavy atom. The van der Waals surface area contributed by atoms with Crippen LogP contribution in [-0.4, -0.2) is 10.9 Å². The highest BCUT2D eigenvalue weighted by atomic mass is 35.5. The van der Waals surface area contributed by atoms with Crippen molar-refractivity contribution < 1.29 is 4.79 Å². The van der Waals surface area contributed by atoms with Gasteiger partial charge in [-0.2, -0.15) is 0 Å². The quantitative estimate of drug-likeness (QED) is 0.696. The zero-order chi connectivity index (χ0) is 9.84. The van der Waals surface area contributed by atoms with E-state index in [4.69, 9.17) is 11.6 Å². The summed E-state index contributed by atoms with van der Waals surface area (Å²) >= 11 is 5.66. The van der Waals surface area contributed by atoms with Gasteiger partial charge in [-0.1, -0.05) is 18.5 Å². The Labute approximate surface area is 80.9 Å². The van der Waals surface area contributed by atoms with Crippen molar-refractivity contribution in [2.75, 3.05) is 0 Å². The summed E-state index contributed by atoms with van der Waals surface area (Å²) in [5.41, 5.74) is -0.276. The molecule has 1 rings (SSSR count). The van der Waals surface area contributed by atoms with Crippen molar-refractivity contribution in [2.45, 2.75) is 19.9 Å². The predicted octanol–water partition coefficient (Wildman–Crippen LogP) is 1.72. The second kappa shape index (κ2) is 4.23. The molecule has 13 heavy (non-hydrogen) atoms. The van der Waals surface area contributed by atoms with Gasteiger partial charge in [0.15, 0.2) is 6.29 Å². The van der Waals surface area contributed by atoms with E-state index < -0.39 is 0 Å². The molecule has 0 saturated carbocycles. The second-order valence-electron chi connectivity index (χ2n) is 2.69. The first kappa shape index (κ1) is 9.99. The van der Waals surface area contributed by atoms with E-state index in [9.17, 15) is 9.59 Å². The predicted molar refractivity (Wildman–Crippen MR) is 51.4 cm³/mol. The maximum Gasteiger partial charge on any atom is 0.262 e. The van der Waals surface area contributed by atoms with Gasteiger partial charge in [0.05, 0.1) is 10.6 Å². The molecule has 70 valence electrons. The summed E-state index contributed by atoms with van der Waals surface area (Å²) in [5.74, 6) is 0. The summed E-state index contributed by atoms with van der Waals surface area (Å²) in [6.07, 6.45) is 2.94. The van der Waals surface area contributed by atoms with Crippen molar-refractivity contribution in [1.29, 1.82) is 0 Å². The van der Waals surface area contributed by atoms with Crippen molar-refractivity contribution in [3.63, 3.8) is 0 Å². The molecule has 0 fully saturated rings. The monoisotopic (exact) mass is 199 g/mol. The number of aryl methyl sites for hydroxylation is 1. The molecule has 0 atom stereocenters. The average molecular weight is 200 g/mol. The third kappa shape index (κ3) is 1.98. The van der Waals surface area contributed by atoms with Gasteiger partial charge in [-0.05, 0) is 12.5 Å². The van der Waals surface area contributed by atoms with Gasteiger partial charge in [-0.15, -0.1) is 0 Å². The summed E-state index contributed by atoms with van der Waals surface area (Å²) in [7, 11) is 0. The highest BCUT2D eigenvalue weighted by molar-refractivity contribution is 6.32. The van der Waals surface area contributed by atoms with Gasteiger partial charge in [0.2, 0.25) is 0 Å². The zero-order valence-electron chi connectivity index (χ0n) is 7.29. The van der Waals surface area contributed by atoms with Crippen LogP contribution in [0.5, 0.6) is 0 Å². The van der Waals surface area contributed by atoms with Crippen molar-refractivity contribution in [1.82, 2.24) is 4.57 Å². The van der Waals surface area contributed by atoms with Crippen LogP contribution in [0.4, 0.5) is 0 Å². The van der Waals surface area contributed by atoms with Crippen LogP contribution in [0.3, 0.4) is 0 Å². The minimum Gasteiger partial charge on any atom is -0.315 e. The lowest BCUT2D eigenvalue weighted by molar-refractivity contribution is 0.112. The van der Waals surface area contributed by atoms with Crippen LogP contribution in [0.25, 0.3) is 0 Å². The SMILES string of the molecule is CCCn1ccc(Cl)c(C=O)c1=O. The number of carbonyl (C=O) groups excluding carboxylic acids is 1. The van der Waals surface area contributed by atoms with Gasteiger partial charge in [-0.25, -0.2) is 0 Å². The van der Waals surface area contributed by atoms with E-state index >= 15 is 0 Å². The molecule has 4 heteroatoms. The number of halogens is 1. The van der Waals surface area contributed by atoms with Crippen LogP contribution in [-0.2, 0) is 6.54 Å². The minimum atomic E-state index is -0.315. The van der Waals surface area contributed by atoms with Crippen LogP contribution in [0, 0.1) is 0 Å². The van der Waals surface area contributed by atoms with E-state index in [1.807, 2.05) is 6.92 Å². The molecule has 0 aromatic carbocycles. The Kier molecular flexibility index (Phi) is 3.25. The van der Waals surface area contributed by atoms with Gasteiger partial charge in [0.25, 0.3) is 5.56 Å². The molecule has 1 aromatic heterocycles. The number of carbonyl (C=O) groups is 1. The molecule has 0 spiro atoms. The number of hydrogen-bond acceptors (Lipinski definition) is 2. The fourth-order valence-corrected chi connectivity index (χ4v) is 1.28. The summed E-state index contributed by atoms with van der Waals surface area (Å²) in [4.78, 5) is 22.0. The molecule has 0 bridgehead atoms. The average Bonchev–Trinajstić information content (AvgIpc) is 2.11. The molecule has 0 unspecified atom stereocenters. The molecule has 0 radical (unpaired) electrons. The van der Waals surface area contributed by atoms with E-state index in [0.717, 1.165) is 6.42 Å². The Hall–Kier alpha value is -1.09. The van der Waals surface area contributed by atoms with Crippen LogP contribution in [0.2, 0.25) is 5.02 Å². The molecular formula is C9H10ClNO2. The minimum absolute atomic E-state index is 0.0395. The van der Waals surface area contributed by atoms with Crippen molar-refractivity contribution in [3.05, 3.63) is 33.2 Å². The third-order valence-electron chi connectivity index (χ3n) is 1.73. The summed E-state index contributed by atoms with van der Waals surface area (Å²) in [6.45, 7) is 2.57. The third-order valence-corrected chi connectivity index (χ3v) is 2.06. The first-order valence-electron chi connectivity index (χ1n) is 4.04. The Morgan fingerprint density at radius 1 is 1.62 bits per heavy atom. The van der Waals surface area contributed by atoms with E-state index in [0.29, 0.717) is 12.8 Å². The maximum atomic E-state index is 11.5. The largest absolute Gasteiger partial charge is 0.315 e. The van der Waals surface area contributed by atoms with Crippen LogP contribution in [0.15, 0.2) is 17.1 Å². The Bertz CT molecular complexity index is 370. The Morgan fingerprint density at radius 2 is 2.31 bits per heavy atom. The van der Waals surface area contributed by atoms with Gasteiger partial charge >= 0.3 is 0 Å². The first-order chi connectivity index (χ1) is 6.20. The number of hydrogen-bond donors (Lipinski definition) is 0. The standard InChI is InChI=1S/C9H10ClNO2/c1-2-4-11-5-3-8(10)7(6-12)9(11)13/h3,5-6H,2,4H2,1H3.